The molecule has 2 aromatic heterocycles. The Morgan fingerprint density at radius 1 is 1.22 bits per heavy atom. The van der Waals surface area contributed by atoms with E-state index in [1.807, 2.05) is 13.8 Å². The van der Waals surface area contributed by atoms with Crippen LogP contribution in [0.1, 0.15) is 31.5 Å². The van der Waals surface area contributed by atoms with Crippen molar-refractivity contribution in [3.8, 4) is 0 Å². The molecule has 0 aliphatic carbocycles. The van der Waals surface area contributed by atoms with E-state index in [0.29, 0.717) is 34.3 Å². The van der Waals surface area contributed by atoms with E-state index in [4.69, 9.17) is 16.0 Å². The number of nitrogens with zero attached hydrogens (tertiary/aromatic N) is 4. The van der Waals surface area contributed by atoms with Gasteiger partial charge in [-0.2, -0.15) is 4.98 Å². The van der Waals surface area contributed by atoms with Gasteiger partial charge in [0.25, 0.3) is 0 Å². The smallest absolute Gasteiger partial charge is 0.229 e. The summed E-state index contributed by atoms with van der Waals surface area (Å²) in [6.45, 7) is 3.98. The second-order valence-electron chi connectivity index (χ2n) is 3.99. The van der Waals surface area contributed by atoms with Crippen LogP contribution in [-0.4, -0.2) is 20.1 Å². The van der Waals surface area contributed by atoms with Gasteiger partial charge in [-0.25, -0.2) is 9.97 Å². The van der Waals surface area contributed by atoms with Crippen LogP contribution in [0.25, 0.3) is 0 Å². The number of hydrogen-bond acceptors (Lipinski definition) is 8. The zero-order valence-electron chi connectivity index (χ0n) is 10.1. The van der Waals surface area contributed by atoms with Gasteiger partial charge < -0.3 is 16.0 Å². The minimum Gasteiger partial charge on any atom is -0.383 e. The molecule has 0 saturated heterocycles. The highest BCUT2D eigenvalue weighted by atomic mass is 32.2. The Morgan fingerprint density at radius 2 is 1.89 bits per heavy atom. The predicted molar refractivity (Wildman–Crippen MR) is 68.8 cm³/mol. The molecule has 2 aromatic rings. The van der Waals surface area contributed by atoms with E-state index in [-0.39, 0.29) is 5.92 Å². The predicted octanol–water partition coefficient (Wildman–Crippen LogP) is 1.44. The molecular weight excluding hydrogens is 252 g/mol. The topological polar surface area (TPSA) is 117 Å². The summed E-state index contributed by atoms with van der Waals surface area (Å²) in [5.74, 6) is 2.66. The summed E-state index contributed by atoms with van der Waals surface area (Å²) in [5.41, 5.74) is 11.2. The zero-order valence-corrected chi connectivity index (χ0v) is 10.9. The van der Waals surface area contributed by atoms with Crippen molar-refractivity contribution in [2.75, 3.05) is 11.5 Å². The largest absolute Gasteiger partial charge is 0.383 e. The van der Waals surface area contributed by atoms with Crippen LogP contribution in [-0.2, 0) is 5.75 Å². The SMILES string of the molecule is CC(C)c1nc(CSc2nc(N)cc(N)n2)no1. The van der Waals surface area contributed by atoms with E-state index < -0.39 is 0 Å². The van der Waals surface area contributed by atoms with Crippen LogP contribution >= 0.6 is 11.8 Å². The van der Waals surface area contributed by atoms with Gasteiger partial charge in [0.1, 0.15) is 11.6 Å². The highest BCUT2D eigenvalue weighted by Gasteiger charge is 2.11. The molecule has 0 unspecified atom stereocenters. The molecule has 0 radical (unpaired) electrons. The molecular formula is C10H14N6OS. The molecule has 4 N–H and O–H groups in total. The zero-order chi connectivity index (χ0) is 13.1. The maximum Gasteiger partial charge on any atom is 0.229 e. The molecule has 0 aliphatic rings. The Balaban J connectivity index is 2.02. The minimum absolute atomic E-state index is 0.218. The highest BCUT2D eigenvalue weighted by molar-refractivity contribution is 7.98. The molecule has 0 atom stereocenters. The quantitative estimate of drug-likeness (QED) is 0.630. The van der Waals surface area contributed by atoms with Crippen LogP contribution in [0.3, 0.4) is 0 Å². The van der Waals surface area contributed by atoms with Gasteiger partial charge in [0.2, 0.25) is 5.89 Å². The van der Waals surface area contributed by atoms with Crippen LogP contribution in [0.15, 0.2) is 15.7 Å². The first-order valence-electron chi connectivity index (χ1n) is 5.40. The Labute approximate surface area is 108 Å². The summed E-state index contributed by atoms with van der Waals surface area (Å²) in [4.78, 5) is 12.4. The van der Waals surface area contributed by atoms with Gasteiger partial charge in [-0.1, -0.05) is 30.8 Å². The third-order valence-electron chi connectivity index (χ3n) is 2.05. The molecule has 2 heterocycles. The van der Waals surface area contributed by atoms with Crippen molar-refractivity contribution >= 4 is 23.4 Å². The molecule has 0 amide bonds. The Bertz CT molecular complexity index is 521. The third kappa shape index (κ3) is 3.10. The van der Waals surface area contributed by atoms with Crippen molar-refractivity contribution in [2.45, 2.75) is 30.7 Å². The van der Waals surface area contributed by atoms with Crippen LogP contribution in [0, 0.1) is 0 Å². The molecule has 0 spiro atoms. The van der Waals surface area contributed by atoms with E-state index >= 15 is 0 Å². The van der Waals surface area contributed by atoms with E-state index in [0.717, 1.165) is 0 Å². The van der Waals surface area contributed by atoms with Crippen LogP contribution in [0.2, 0.25) is 0 Å². The number of nitrogens with two attached hydrogens (primary N) is 2. The van der Waals surface area contributed by atoms with Crippen molar-refractivity contribution in [2.24, 2.45) is 0 Å². The lowest BCUT2D eigenvalue weighted by molar-refractivity contribution is 0.362. The lowest BCUT2D eigenvalue weighted by Crippen LogP contribution is -1.99. The van der Waals surface area contributed by atoms with E-state index in [9.17, 15) is 0 Å². The molecule has 8 heteroatoms. The summed E-state index contributed by atoms with van der Waals surface area (Å²) in [6, 6.07) is 1.51. The Kier molecular flexibility index (Phi) is 3.66. The lowest BCUT2D eigenvalue weighted by atomic mass is 10.2. The average Bonchev–Trinajstić information content (AvgIpc) is 2.73. The van der Waals surface area contributed by atoms with Gasteiger partial charge >= 0.3 is 0 Å². The van der Waals surface area contributed by atoms with Crippen molar-refractivity contribution < 1.29 is 4.52 Å². The average molecular weight is 266 g/mol. The molecule has 0 aromatic carbocycles. The van der Waals surface area contributed by atoms with Crippen LogP contribution in [0.5, 0.6) is 0 Å². The van der Waals surface area contributed by atoms with Gasteiger partial charge in [0.05, 0.1) is 5.75 Å². The van der Waals surface area contributed by atoms with E-state index in [1.165, 1.54) is 17.8 Å². The Hall–Kier alpha value is -1.83. The van der Waals surface area contributed by atoms with Crippen LogP contribution in [0.4, 0.5) is 11.6 Å². The first kappa shape index (κ1) is 12.6. The fraction of sp³-hybridized carbons (Fsp3) is 0.400. The number of rotatable bonds is 4. The van der Waals surface area contributed by atoms with E-state index in [2.05, 4.69) is 20.1 Å². The molecule has 2 rings (SSSR count). The van der Waals surface area contributed by atoms with E-state index in [1.54, 1.807) is 0 Å². The summed E-state index contributed by atoms with van der Waals surface area (Å²) in [5, 5.41) is 4.38. The number of thioether (sulfide) groups is 1. The maximum absolute atomic E-state index is 5.58. The Morgan fingerprint density at radius 3 is 2.44 bits per heavy atom. The fourth-order valence-electron chi connectivity index (χ4n) is 1.22. The fourth-order valence-corrected chi connectivity index (χ4v) is 1.93. The van der Waals surface area contributed by atoms with Gasteiger partial charge in [-0.3, -0.25) is 0 Å². The van der Waals surface area contributed by atoms with Crippen LogP contribution < -0.4 is 11.5 Å². The molecule has 0 saturated carbocycles. The van der Waals surface area contributed by atoms with Gasteiger partial charge in [0, 0.05) is 12.0 Å². The first-order valence-corrected chi connectivity index (χ1v) is 6.38. The molecule has 7 nitrogen and oxygen atoms in total. The normalized spacial score (nSPS) is 11.1. The number of anilines is 2. The molecule has 0 aliphatic heterocycles. The molecule has 0 fully saturated rings. The monoisotopic (exact) mass is 266 g/mol. The number of nitrogen functional groups attached to an aromatic ring is 2. The second kappa shape index (κ2) is 5.21. The first-order chi connectivity index (χ1) is 8.54. The minimum atomic E-state index is 0.218. The summed E-state index contributed by atoms with van der Waals surface area (Å²) >= 11 is 1.36. The van der Waals surface area contributed by atoms with Crippen molar-refractivity contribution in [1.82, 2.24) is 20.1 Å². The maximum atomic E-state index is 5.58. The molecule has 96 valence electrons. The van der Waals surface area contributed by atoms with Gasteiger partial charge in [-0.15, -0.1) is 0 Å². The number of hydrogen-bond donors (Lipinski definition) is 2. The van der Waals surface area contributed by atoms with Crippen molar-refractivity contribution in [3.05, 3.63) is 17.8 Å². The highest BCUT2D eigenvalue weighted by Crippen LogP contribution is 2.21. The summed E-state index contributed by atoms with van der Waals surface area (Å²) in [6.07, 6.45) is 0. The summed E-state index contributed by atoms with van der Waals surface area (Å²) in [7, 11) is 0. The second-order valence-corrected chi connectivity index (χ2v) is 4.93. The number of aromatic nitrogens is 4. The van der Waals surface area contributed by atoms with Gasteiger partial charge in [0.15, 0.2) is 11.0 Å². The lowest BCUT2D eigenvalue weighted by Gasteiger charge is -2.00. The standard InChI is InChI=1S/C10H14N6OS/c1-5(2)9-15-8(16-17-9)4-18-10-13-6(11)3-7(12)14-10/h3,5H,4H2,1-2H3,(H4,11,12,13,14). The van der Waals surface area contributed by atoms with Crippen molar-refractivity contribution in [1.29, 1.82) is 0 Å². The molecule has 18 heavy (non-hydrogen) atoms. The third-order valence-corrected chi connectivity index (χ3v) is 2.90. The van der Waals surface area contributed by atoms with Gasteiger partial charge in [-0.05, 0) is 0 Å². The van der Waals surface area contributed by atoms with Crippen molar-refractivity contribution in [3.63, 3.8) is 0 Å². The molecule has 0 bridgehead atoms. The summed E-state index contributed by atoms with van der Waals surface area (Å²) < 4.78 is 5.10.